The Morgan fingerprint density at radius 1 is 1.36 bits per heavy atom. The van der Waals surface area contributed by atoms with Crippen LogP contribution in [-0.2, 0) is 9.59 Å². The van der Waals surface area contributed by atoms with Crippen LogP contribution in [-0.4, -0.2) is 28.1 Å². The summed E-state index contributed by atoms with van der Waals surface area (Å²) in [6, 6.07) is 0. The molecule has 0 aliphatic heterocycles. The van der Waals surface area contributed by atoms with Gasteiger partial charge in [-0.25, -0.2) is 4.39 Å². The molecule has 1 rings (SSSR count). The van der Waals surface area contributed by atoms with E-state index in [0.29, 0.717) is 32.1 Å². The molecule has 3 atom stereocenters. The van der Waals surface area contributed by atoms with Crippen molar-refractivity contribution in [3.05, 3.63) is 36.2 Å². The van der Waals surface area contributed by atoms with Crippen molar-refractivity contribution in [3.8, 4) is 0 Å². The van der Waals surface area contributed by atoms with Crippen molar-refractivity contribution in [1.82, 2.24) is 0 Å². The lowest BCUT2D eigenvalue weighted by molar-refractivity contribution is -0.137. The molecule has 0 aromatic rings. The van der Waals surface area contributed by atoms with E-state index < -0.39 is 17.9 Å². The zero-order chi connectivity index (χ0) is 18.7. The summed E-state index contributed by atoms with van der Waals surface area (Å²) in [5, 5.41) is 18.4. The molecule has 5 heteroatoms. The van der Waals surface area contributed by atoms with Crippen molar-refractivity contribution >= 4 is 11.8 Å². The first-order valence-corrected chi connectivity index (χ1v) is 9.07. The van der Waals surface area contributed by atoms with Crippen LogP contribution in [0.15, 0.2) is 36.2 Å². The molecule has 1 saturated carbocycles. The fourth-order valence-corrected chi connectivity index (χ4v) is 2.95. The summed E-state index contributed by atoms with van der Waals surface area (Å²) < 4.78 is 13.6. The Kier molecular flexibility index (Phi) is 10.0. The van der Waals surface area contributed by atoms with Gasteiger partial charge in [0.1, 0.15) is 17.7 Å². The van der Waals surface area contributed by atoms with E-state index in [4.69, 9.17) is 5.11 Å². The Bertz CT molecular complexity index is 522. The smallest absolute Gasteiger partial charge is 0.303 e. The molecule has 0 heterocycles. The van der Waals surface area contributed by atoms with Crippen molar-refractivity contribution in [2.75, 3.05) is 0 Å². The maximum atomic E-state index is 13.6. The third-order valence-electron chi connectivity index (χ3n) is 4.42. The first-order valence-electron chi connectivity index (χ1n) is 9.07. The van der Waals surface area contributed by atoms with E-state index in [9.17, 15) is 19.1 Å². The lowest BCUT2D eigenvalue weighted by Crippen LogP contribution is -2.13. The Morgan fingerprint density at radius 3 is 2.80 bits per heavy atom. The number of allylic oxidation sites excluding steroid dienone is 4. The standard InChI is InChI=1S/C20H29FO4/c1-2-3-9-17(21)19(23)14-12-15-11-13-18(22)16(15)8-6-4-5-7-10-20(24)25/h4,6,9,12,14-16,19,23H,2-3,5,7-8,10-11,13H2,1H3,(H,24,25)/b6-4-,14-12+,17-9-/t15-,16-,19-/m1/s1. The van der Waals surface area contributed by atoms with Crippen LogP contribution in [0, 0.1) is 11.8 Å². The maximum absolute atomic E-state index is 13.6. The number of carboxylic acid groups (broad SMARTS) is 1. The monoisotopic (exact) mass is 352 g/mol. The third-order valence-corrected chi connectivity index (χ3v) is 4.42. The Balaban J connectivity index is 2.50. The Hall–Kier alpha value is -1.75. The minimum absolute atomic E-state index is 0.0183. The molecule has 1 aliphatic rings. The molecule has 0 unspecified atom stereocenters. The minimum atomic E-state index is -1.24. The summed E-state index contributed by atoms with van der Waals surface area (Å²) in [6.07, 6.45) is 11.9. The molecular formula is C20H29FO4. The van der Waals surface area contributed by atoms with Gasteiger partial charge in [0, 0.05) is 18.8 Å². The predicted octanol–water partition coefficient (Wildman–Crippen LogP) is 4.35. The summed E-state index contributed by atoms with van der Waals surface area (Å²) in [5.74, 6) is -1.27. The molecule has 0 aromatic heterocycles. The SMILES string of the molecule is CCC/C=C(\F)[C@H](O)/C=C/[C@H]1CCC(=O)[C@@H]1C/C=C\CCCC(=O)O. The van der Waals surface area contributed by atoms with Gasteiger partial charge in [-0.1, -0.05) is 37.6 Å². The van der Waals surface area contributed by atoms with Gasteiger partial charge in [-0.05, 0) is 44.1 Å². The summed E-state index contributed by atoms with van der Waals surface area (Å²) in [7, 11) is 0. The highest BCUT2D eigenvalue weighted by Crippen LogP contribution is 2.33. The van der Waals surface area contributed by atoms with Gasteiger partial charge in [0.2, 0.25) is 0 Å². The highest BCUT2D eigenvalue weighted by molar-refractivity contribution is 5.83. The molecule has 0 spiro atoms. The number of ketones is 1. The quantitative estimate of drug-likeness (QED) is 0.428. The molecule has 0 bridgehead atoms. The maximum Gasteiger partial charge on any atom is 0.303 e. The number of aliphatic hydroxyl groups is 1. The van der Waals surface area contributed by atoms with E-state index >= 15 is 0 Å². The van der Waals surface area contributed by atoms with E-state index in [-0.39, 0.29) is 24.0 Å². The molecule has 1 fully saturated rings. The Morgan fingerprint density at radius 2 is 2.12 bits per heavy atom. The summed E-state index contributed by atoms with van der Waals surface area (Å²) in [6.45, 7) is 1.94. The Labute approximate surface area is 149 Å². The van der Waals surface area contributed by atoms with Gasteiger partial charge in [0.25, 0.3) is 0 Å². The molecule has 0 radical (unpaired) electrons. The van der Waals surface area contributed by atoms with Gasteiger partial charge in [0.15, 0.2) is 0 Å². The average Bonchev–Trinajstić information content (AvgIpc) is 2.93. The van der Waals surface area contributed by atoms with Crippen LogP contribution in [0.3, 0.4) is 0 Å². The van der Waals surface area contributed by atoms with E-state index in [0.717, 1.165) is 12.8 Å². The van der Waals surface area contributed by atoms with Gasteiger partial charge < -0.3 is 10.2 Å². The summed E-state index contributed by atoms with van der Waals surface area (Å²) in [4.78, 5) is 22.5. The van der Waals surface area contributed by atoms with Crippen LogP contribution in [0.5, 0.6) is 0 Å². The highest BCUT2D eigenvalue weighted by Gasteiger charge is 2.31. The molecule has 4 nitrogen and oxygen atoms in total. The number of carbonyl (C=O) groups is 2. The number of hydrogen-bond acceptors (Lipinski definition) is 3. The molecule has 25 heavy (non-hydrogen) atoms. The molecule has 2 N–H and O–H groups in total. The largest absolute Gasteiger partial charge is 0.481 e. The van der Waals surface area contributed by atoms with Gasteiger partial charge in [-0.3, -0.25) is 9.59 Å². The van der Waals surface area contributed by atoms with Crippen LogP contribution in [0.4, 0.5) is 4.39 Å². The molecule has 0 aromatic carbocycles. The van der Waals surface area contributed by atoms with E-state index in [1.165, 1.54) is 12.2 Å². The lowest BCUT2D eigenvalue weighted by atomic mass is 9.91. The number of rotatable bonds is 11. The number of aliphatic carboxylic acids is 1. The van der Waals surface area contributed by atoms with Crippen LogP contribution in [0.1, 0.15) is 58.3 Å². The van der Waals surface area contributed by atoms with Crippen molar-refractivity contribution in [2.45, 2.75) is 64.4 Å². The summed E-state index contributed by atoms with van der Waals surface area (Å²) in [5.41, 5.74) is 0. The number of halogens is 1. The second kappa shape index (κ2) is 11.7. The predicted molar refractivity (Wildman–Crippen MR) is 95.7 cm³/mol. The van der Waals surface area contributed by atoms with Gasteiger partial charge >= 0.3 is 5.97 Å². The van der Waals surface area contributed by atoms with E-state index in [1.54, 1.807) is 6.08 Å². The first-order chi connectivity index (χ1) is 12.0. The van der Waals surface area contributed by atoms with E-state index in [2.05, 4.69) is 0 Å². The van der Waals surface area contributed by atoms with Crippen LogP contribution in [0.25, 0.3) is 0 Å². The van der Waals surface area contributed by atoms with Crippen molar-refractivity contribution in [1.29, 1.82) is 0 Å². The fraction of sp³-hybridized carbons (Fsp3) is 0.600. The average molecular weight is 352 g/mol. The number of unbranched alkanes of at least 4 members (excludes halogenated alkanes) is 2. The van der Waals surface area contributed by atoms with Gasteiger partial charge in [-0.15, -0.1) is 0 Å². The minimum Gasteiger partial charge on any atom is -0.481 e. The molecule has 0 amide bonds. The highest BCUT2D eigenvalue weighted by atomic mass is 19.1. The number of carbonyl (C=O) groups excluding carboxylic acids is 1. The molecular weight excluding hydrogens is 323 g/mol. The molecule has 140 valence electrons. The van der Waals surface area contributed by atoms with Crippen molar-refractivity contribution in [2.24, 2.45) is 11.8 Å². The van der Waals surface area contributed by atoms with E-state index in [1.807, 2.05) is 19.1 Å². The van der Waals surface area contributed by atoms with Crippen LogP contribution in [0.2, 0.25) is 0 Å². The normalized spacial score (nSPS) is 23.0. The zero-order valence-electron chi connectivity index (χ0n) is 14.9. The molecule has 0 saturated heterocycles. The number of Topliss-reactive ketones (excluding diaryl/α,β-unsaturated/α-hetero) is 1. The van der Waals surface area contributed by atoms with Crippen LogP contribution >= 0.6 is 0 Å². The fourth-order valence-electron chi connectivity index (χ4n) is 2.95. The lowest BCUT2D eigenvalue weighted by Gasteiger charge is -2.13. The van der Waals surface area contributed by atoms with Gasteiger partial charge in [0.05, 0.1) is 0 Å². The third kappa shape index (κ3) is 8.25. The molecule has 1 aliphatic carbocycles. The topological polar surface area (TPSA) is 74.6 Å². The summed E-state index contributed by atoms with van der Waals surface area (Å²) >= 11 is 0. The number of aliphatic hydroxyl groups excluding tert-OH is 1. The first kappa shape index (κ1) is 21.3. The second-order valence-corrected chi connectivity index (χ2v) is 6.48. The number of hydrogen-bond donors (Lipinski definition) is 2. The second-order valence-electron chi connectivity index (χ2n) is 6.48. The number of carboxylic acids is 1. The van der Waals surface area contributed by atoms with Gasteiger partial charge in [-0.2, -0.15) is 0 Å². The van der Waals surface area contributed by atoms with Crippen molar-refractivity contribution < 1.29 is 24.2 Å². The van der Waals surface area contributed by atoms with Crippen LogP contribution < -0.4 is 0 Å². The zero-order valence-corrected chi connectivity index (χ0v) is 14.9. The van der Waals surface area contributed by atoms with Crippen molar-refractivity contribution in [3.63, 3.8) is 0 Å².